The number of para-hydroxylation sites is 1. The largest absolute Gasteiger partial charge is 0.354 e. The molecule has 7 heteroatoms. The van der Waals surface area contributed by atoms with Gasteiger partial charge in [-0.3, -0.25) is 0 Å². The molecule has 2 aromatic carbocycles. The Morgan fingerprint density at radius 1 is 0.846 bits per heavy atom. The lowest BCUT2D eigenvalue weighted by atomic mass is 10.2. The SMILES string of the molecule is O=S(=O)(c1ccc(Cl)cc1)N1CCN(c2ccc3ccccc3n2)CC1. The van der Waals surface area contributed by atoms with E-state index in [1.165, 1.54) is 4.31 Å². The second-order valence-corrected chi connectivity index (χ2v) is 8.58. The number of nitrogens with zero attached hydrogens (tertiary/aromatic N) is 3. The molecule has 0 saturated carbocycles. The molecule has 4 rings (SSSR count). The highest BCUT2D eigenvalue weighted by Crippen LogP contribution is 2.23. The van der Waals surface area contributed by atoms with Crippen molar-refractivity contribution in [3.8, 4) is 0 Å². The molecule has 0 unspecified atom stereocenters. The molecule has 1 aliphatic heterocycles. The number of fused-ring (bicyclic) bond motifs is 1. The molecule has 1 saturated heterocycles. The minimum absolute atomic E-state index is 0.277. The number of hydrogen-bond donors (Lipinski definition) is 0. The number of hydrogen-bond acceptors (Lipinski definition) is 4. The van der Waals surface area contributed by atoms with Gasteiger partial charge in [-0.15, -0.1) is 0 Å². The van der Waals surface area contributed by atoms with Crippen molar-refractivity contribution in [1.29, 1.82) is 0 Å². The molecule has 1 aromatic heterocycles. The normalized spacial score (nSPS) is 16.1. The van der Waals surface area contributed by atoms with Crippen LogP contribution in [-0.2, 0) is 10.0 Å². The number of benzene rings is 2. The molecule has 0 spiro atoms. The van der Waals surface area contributed by atoms with Gasteiger partial charge in [0.15, 0.2) is 0 Å². The van der Waals surface area contributed by atoms with Gasteiger partial charge in [-0.25, -0.2) is 13.4 Å². The molecule has 0 amide bonds. The molecule has 0 radical (unpaired) electrons. The topological polar surface area (TPSA) is 53.5 Å². The molecular formula is C19H18ClN3O2S. The molecule has 0 bridgehead atoms. The van der Waals surface area contributed by atoms with Crippen LogP contribution >= 0.6 is 11.6 Å². The van der Waals surface area contributed by atoms with E-state index in [4.69, 9.17) is 16.6 Å². The summed E-state index contributed by atoms with van der Waals surface area (Å²) in [4.78, 5) is 7.10. The summed E-state index contributed by atoms with van der Waals surface area (Å²) >= 11 is 5.85. The van der Waals surface area contributed by atoms with Crippen molar-refractivity contribution in [1.82, 2.24) is 9.29 Å². The molecule has 2 heterocycles. The Labute approximate surface area is 157 Å². The molecule has 0 atom stereocenters. The Bertz CT molecular complexity index is 1030. The van der Waals surface area contributed by atoms with Crippen LogP contribution in [0.4, 0.5) is 5.82 Å². The summed E-state index contributed by atoms with van der Waals surface area (Å²) in [6, 6.07) is 18.3. The standard InChI is InChI=1S/C19H18ClN3O2S/c20-16-6-8-17(9-7-16)26(24,25)23-13-11-22(12-14-23)19-10-5-15-3-1-2-4-18(15)21-19/h1-10H,11-14H2. The predicted molar refractivity (Wildman–Crippen MR) is 104 cm³/mol. The summed E-state index contributed by atoms with van der Waals surface area (Å²) in [5, 5.41) is 1.62. The molecule has 1 fully saturated rings. The Morgan fingerprint density at radius 3 is 2.27 bits per heavy atom. The Balaban J connectivity index is 1.50. The van der Waals surface area contributed by atoms with Crippen LogP contribution in [0, 0.1) is 0 Å². The van der Waals surface area contributed by atoms with Crippen LogP contribution in [0.3, 0.4) is 0 Å². The van der Waals surface area contributed by atoms with E-state index in [2.05, 4.69) is 11.0 Å². The van der Waals surface area contributed by atoms with Gasteiger partial charge in [0, 0.05) is 36.6 Å². The second kappa shape index (κ2) is 6.87. The van der Waals surface area contributed by atoms with Gasteiger partial charge in [-0.1, -0.05) is 29.8 Å². The molecule has 5 nitrogen and oxygen atoms in total. The smallest absolute Gasteiger partial charge is 0.243 e. The van der Waals surface area contributed by atoms with Crippen molar-refractivity contribution in [2.45, 2.75) is 4.90 Å². The monoisotopic (exact) mass is 387 g/mol. The zero-order chi connectivity index (χ0) is 18.1. The quantitative estimate of drug-likeness (QED) is 0.691. The van der Waals surface area contributed by atoms with E-state index in [0.29, 0.717) is 31.2 Å². The van der Waals surface area contributed by atoms with Gasteiger partial charge < -0.3 is 4.90 Å². The number of piperazine rings is 1. The van der Waals surface area contributed by atoms with Gasteiger partial charge in [0.2, 0.25) is 10.0 Å². The van der Waals surface area contributed by atoms with Crippen LogP contribution in [0.2, 0.25) is 5.02 Å². The van der Waals surface area contributed by atoms with E-state index in [1.54, 1.807) is 24.3 Å². The fourth-order valence-corrected chi connectivity index (χ4v) is 4.69. The van der Waals surface area contributed by atoms with Crippen LogP contribution in [0.15, 0.2) is 65.6 Å². The Kier molecular flexibility index (Phi) is 4.56. The van der Waals surface area contributed by atoms with Crippen molar-refractivity contribution >= 4 is 38.3 Å². The first-order valence-electron chi connectivity index (χ1n) is 8.40. The third-order valence-electron chi connectivity index (χ3n) is 4.60. The minimum Gasteiger partial charge on any atom is -0.354 e. The molecule has 26 heavy (non-hydrogen) atoms. The van der Waals surface area contributed by atoms with E-state index in [-0.39, 0.29) is 4.90 Å². The van der Waals surface area contributed by atoms with Crippen LogP contribution in [0.1, 0.15) is 0 Å². The van der Waals surface area contributed by atoms with Gasteiger partial charge in [-0.2, -0.15) is 4.31 Å². The zero-order valence-corrected chi connectivity index (χ0v) is 15.6. The average molecular weight is 388 g/mol. The third kappa shape index (κ3) is 3.28. The molecule has 0 N–H and O–H groups in total. The summed E-state index contributed by atoms with van der Waals surface area (Å²) in [5.41, 5.74) is 0.946. The summed E-state index contributed by atoms with van der Waals surface area (Å²) in [6.07, 6.45) is 0. The molecule has 1 aliphatic rings. The highest BCUT2D eigenvalue weighted by molar-refractivity contribution is 7.89. The first-order chi connectivity index (χ1) is 12.5. The predicted octanol–water partition coefficient (Wildman–Crippen LogP) is 3.40. The van der Waals surface area contributed by atoms with Crippen LogP contribution in [0.5, 0.6) is 0 Å². The Morgan fingerprint density at radius 2 is 1.54 bits per heavy atom. The lowest BCUT2D eigenvalue weighted by Gasteiger charge is -2.34. The van der Waals surface area contributed by atoms with Crippen molar-refractivity contribution < 1.29 is 8.42 Å². The summed E-state index contributed by atoms with van der Waals surface area (Å²) in [7, 11) is -3.49. The maximum atomic E-state index is 12.8. The van der Waals surface area contributed by atoms with E-state index >= 15 is 0 Å². The highest BCUT2D eigenvalue weighted by atomic mass is 35.5. The number of pyridine rings is 1. The summed E-state index contributed by atoms with van der Waals surface area (Å²) < 4.78 is 27.1. The maximum Gasteiger partial charge on any atom is 0.243 e. The number of sulfonamides is 1. The summed E-state index contributed by atoms with van der Waals surface area (Å²) in [5.74, 6) is 0.882. The van der Waals surface area contributed by atoms with Crippen molar-refractivity contribution in [2.24, 2.45) is 0 Å². The maximum absolute atomic E-state index is 12.8. The highest BCUT2D eigenvalue weighted by Gasteiger charge is 2.28. The van der Waals surface area contributed by atoms with E-state index in [1.807, 2.05) is 30.3 Å². The van der Waals surface area contributed by atoms with Gasteiger partial charge in [0.25, 0.3) is 0 Å². The van der Waals surface area contributed by atoms with Crippen LogP contribution in [0.25, 0.3) is 10.9 Å². The third-order valence-corrected chi connectivity index (χ3v) is 6.76. The lowest BCUT2D eigenvalue weighted by Crippen LogP contribution is -2.48. The Hall–Kier alpha value is -2.15. The van der Waals surface area contributed by atoms with Crippen molar-refractivity contribution in [3.05, 3.63) is 65.7 Å². The van der Waals surface area contributed by atoms with Crippen molar-refractivity contribution in [3.63, 3.8) is 0 Å². The average Bonchev–Trinajstić information content (AvgIpc) is 2.68. The van der Waals surface area contributed by atoms with Gasteiger partial charge in [0.1, 0.15) is 5.82 Å². The fraction of sp³-hybridized carbons (Fsp3) is 0.211. The lowest BCUT2D eigenvalue weighted by molar-refractivity contribution is 0.384. The van der Waals surface area contributed by atoms with E-state index in [0.717, 1.165) is 16.7 Å². The number of halogens is 1. The number of aromatic nitrogens is 1. The van der Waals surface area contributed by atoms with Gasteiger partial charge in [-0.05, 0) is 42.5 Å². The second-order valence-electron chi connectivity index (χ2n) is 6.21. The van der Waals surface area contributed by atoms with Gasteiger partial charge >= 0.3 is 0 Å². The van der Waals surface area contributed by atoms with Crippen LogP contribution < -0.4 is 4.90 Å². The first-order valence-corrected chi connectivity index (χ1v) is 10.2. The summed E-state index contributed by atoms with van der Waals surface area (Å²) in [6.45, 7) is 2.08. The first kappa shape index (κ1) is 17.3. The number of anilines is 1. The zero-order valence-electron chi connectivity index (χ0n) is 14.0. The van der Waals surface area contributed by atoms with Crippen LogP contribution in [-0.4, -0.2) is 43.9 Å². The number of rotatable bonds is 3. The van der Waals surface area contributed by atoms with E-state index < -0.39 is 10.0 Å². The fourth-order valence-electron chi connectivity index (χ4n) is 3.14. The molecule has 0 aliphatic carbocycles. The van der Waals surface area contributed by atoms with Crippen molar-refractivity contribution in [2.75, 3.05) is 31.1 Å². The molecular weight excluding hydrogens is 370 g/mol. The van der Waals surface area contributed by atoms with E-state index in [9.17, 15) is 8.42 Å². The molecule has 3 aromatic rings. The molecule has 134 valence electrons. The van der Waals surface area contributed by atoms with Gasteiger partial charge in [0.05, 0.1) is 10.4 Å². The minimum atomic E-state index is -3.49.